The molecule has 1 N–H and O–H groups in total. The molecule has 0 spiro atoms. The maximum atomic E-state index is 12.8. The molecule has 0 saturated carbocycles. The molecular weight excluding hydrogens is 366 g/mol. The Morgan fingerprint density at radius 3 is 2.41 bits per heavy atom. The largest absolute Gasteiger partial charge is 0.465 e. The van der Waals surface area contributed by atoms with E-state index in [9.17, 15) is 19.5 Å². The van der Waals surface area contributed by atoms with Gasteiger partial charge in [0, 0.05) is 24.7 Å². The zero-order valence-electron chi connectivity index (χ0n) is 15.4. The number of carbonyl (C=O) groups is 3. The van der Waals surface area contributed by atoms with Gasteiger partial charge >= 0.3 is 12.1 Å². The number of imide groups is 2. The van der Waals surface area contributed by atoms with Gasteiger partial charge in [0.2, 0.25) is 0 Å². The molecule has 27 heavy (non-hydrogen) atoms. The molecule has 0 aliphatic carbocycles. The Morgan fingerprint density at radius 2 is 1.85 bits per heavy atom. The van der Waals surface area contributed by atoms with Crippen LogP contribution in [0.2, 0.25) is 0 Å². The summed E-state index contributed by atoms with van der Waals surface area (Å²) in [5, 5.41) is 11.2. The van der Waals surface area contributed by atoms with Crippen LogP contribution in [0.25, 0.3) is 0 Å². The molecule has 0 radical (unpaired) electrons. The van der Waals surface area contributed by atoms with Gasteiger partial charge in [-0.2, -0.15) is 0 Å². The third kappa shape index (κ3) is 5.89. The number of carboxylic acid groups (broad SMARTS) is 1. The van der Waals surface area contributed by atoms with Gasteiger partial charge < -0.3 is 5.11 Å². The van der Waals surface area contributed by atoms with Crippen LogP contribution in [-0.4, -0.2) is 51.0 Å². The van der Waals surface area contributed by atoms with Crippen LogP contribution in [0, 0.1) is 5.92 Å². The van der Waals surface area contributed by atoms with Crippen LogP contribution in [0.4, 0.5) is 9.59 Å². The molecule has 1 aromatic heterocycles. The minimum Gasteiger partial charge on any atom is -0.465 e. The van der Waals surface area contributed by atoms with Crippen LogP contribution in [-0.2, 0) is 6.42 Å². The molecular formula is C19H23N3O4S. The number of nitrogens with zero attached hydrogens (tertiary/aromatic N) is 3. The molecule has 7 nitrogen and oxygen atoms in total. The number of amides is 4. The van der Waals surface area contributed by atoms with Gasteiger partial charge in [0.1, 0.15) is 0 Å². The highest BCUT2D eigenvalue weighted by atomic mass is 32.1. The summed E-state index contributed by atoms with van der Waals surface area (Å²) < 4.78 is 0. The second-order valence-electron chi connectivity index (χ2n) is 6.45. The fourth-order valence-corrected chi connectivity index (χ4v) is 3.15. The summed E-state index contributed by atoms with van der Waals surface area (Å²) >= 11 is 1.12. The van der Waals surface area contributed by atoms with Crippen molar-refractivity contribution in [3.8, 4) is 0 Å². The first-order chi connectivity index (χ1) is 12.9. The van der Waals surface area contributed by atoms with Crippen LogP contribution in [0.3, 0.4) is 0 Å². The van der Waals surface area contributed by atoms with Crippen LogP contribution >= 0.6 is 11.3 Å². The number of carbonyl (C=O) groups excluding carboxylic acids is 2. The van der Waals surface area contributed by atoms with E-state index in [0.29, 0.717) is 17.7 Å². The quantitative estimate of drug-likeness (QED) is 0.774. The van der Waals surface area contributed by atoms with Gasteiger partial charge in [-0.3, -0.25) is 9.69 Å². The summed E-state index contributed by atoms with van der Waals surface area (Å²) in [4.78, 5) is 42.7. The van der Waals surface area contributed by atoms with E-state index in [1.54, 1.807) is 5.38 Å². The molecule has 2 rings (SSSR count). The summed E-state index contributed by atoms with van der Waals surface area (Å²) in [6.07, 6.45) is 1.32. The van der Waals surface area contributed by atoms with E-state index in [2.05, 4.69) is 4.98 Å². The van der Waals surface area contributed by atoms with Crippen molar-refractivity contribution in [2.45, 2.75) is 26.7 Å². The van der Waals surface area contributed by atoms with E-state index >= 15 is 0 Å². The Labute approximate surface area is 162 Å². The third-order valence-electron chi connectivity index (χ3n) is 3.79. The number of thiazole rings is 1. The number of aromatic nitrogens is 1. The van der Waals surface area contributed by atoms with Gasteiger partial charge in [-0.05, 0) is 24.3 Å². The summed E-state index contributed by atoms with van der Waals surface area (Å²) in [5.74, 6) is -0.621. The minimum absolute atomic E-state index is 0.0223. The van der Waals surface area contributed by atoms with Gasteiger partial charge in [-0.1, -0.05) is 44.2 Å². The lowest BCUT2D eigenvalue weighted by Gasteiger charge is -2.27. The van der Waals surface area contributed by atoms with E-state index in [1.807, 2.05) is 44.2 Å². The summed E-state index contributed by atoms with van der Waals surface area (Å²) in [6.45, 7) is 3.76. The van der Waals surface area contributed by atoms with Crippen LogP contribution in [0.5, 0.6) is 0 Å². The highest BCUT2D eigenvalue weighted by Crippen LogP contribution is 2.14. The number of hydrogen-bond donors (Lipinski definition) is 1. The van der Waals surface area contributed by atoms with Gasteiger partial charge in [-0.25, -0.2) is 19.5 Å². The smallest absolute Gasteiger partial charge is 0.415 e. The number of hydrogen-bond acceptors (Lipinski definition) is 5. The average Bonchev–Trinajstić information content (AvgIpc) is 3.17. The van der Waals surface area contributed by atoms with Gasteiger partial charge in [-0.15, -0.1) is 11.3 Å². The maximum absolute atomic E-state index is 12.8. The molecule has 4 amide bonds. The molecule has 8 heteroatoms. The molecule has 144 valence electrons. The average molecular weight is 389 g/mol. The second-order valence-corrected chi connectivity index (χ2v) is 7.35. The molecule has 0 bridgehead atoms. The highest BCUT2D eigenvalue weighted by Gasteiger charge is 2.32. The summed E-state index contributed by atoms with van der Waals surface area (Å²) in [7, 11) is 0. The first-order valence-corrected chi connectivity index (χ1v) is 9.57. The number of aryl methyl sites for hydroxylation is 1. The lowest BCUT2D eigenvalue weighted by Crippen LogP contribution is -2.50. The molecule has 0 aliphatic rings. The van der Waals surface area contributed by atoms with E-state index < -0.39 is 18.0 Å². The van der Waals surface area contributed by atoms with Crippen LogP contribution in [0.1, 0.15) is 35.6 Å². The second kappa shape index (κ2) is 9.82. The third-order valence-corrected chi connectivity index (χ3v) is 4.55. The number of urea groups is 1. The normalized spacial score (nSPS) is 10.6. The molecule has 1 aromatic carbocycles. The number of benzene rings is 1. The Balaban J connectivity index is 2.16. The SMILES string of the molecule is CC(C)CN(C(=O)O)C(=O)N(CCCc1ccccc1)C(=O)c1nccs1. The van der Waals surface area contributed by atoms with E-state index in [0.717, 1.165) is 21.8 Å². The lowest BCUT2D eigenvalue weighted by atomic mass is 10.1. The topological polar surface area (TPSA) is 90.8 Å². The van der Waals surface area contributed by atoms with Crippen molar-refractivity contribution in [3.63, 3.8) is 0 Å². The minimum atomic E-state index is -1.37. The Morgan fingerprint density at radius 1 is 1.15 bits per heavy atom. The molecule has 0 saturated heterocycles. The highest BCUT2D eigenvalue weighted by molar-refractivity contribution is 7.11. The van der Waals surface area contributed by atoms with Crippen LogP contribution in [0.15, 0.2) is 41.9 Å². The lowest BCUT2D eigenvalue weighted by molar-refractivity contribution is 0.0747. The van der Waals surface area contributed by atoms with Crippen molar-refractivity contribution < 1.29 is 19.5 Å². The van der Waals surface area contributed by atoms with Crippen LogP contribution < -0.4 is 0 Å². The predicted molar refractivity (Wildman–Crippen MR) is 103 cm³/mol. The molecule has 1 heterocycles. The fraction of sp³-hybridized carbons (Fsp3) is 0.368. The van der Waals surface area contributed by atoms with Gasteiger partial charge in [0.05, 0.1) is 0 Å². The van der Waals surface area contributed by atoms with Crippen molar-refractivity contribution in [2.75, 3.05) is 13.1 Å². The zero-order chi connectivity index (χ0) is 19.8. The standard InChI is InChI=1S/C19H23N3O4S/c1-14(2)13-22(19(25)26)18(24)21(17(23)16-20-10-12-27-16)11-6-9-15-7-4-3-5-8-15/h3-5,7-8,10,12,14H,6,9,11,13H2,1-2H3,(H,25,26). The molecule has 0 atom stereocenters. The molecule has 0 aliphatic heterocycles. The van der Waals surface area contributed by atoms with Crippen molar-refractivity contribution in [2.24, 2.45) is 5.92 Å². The van der Waals surface area contributed by atoms with Gasteiger partial charge in [0.25, 0.3) is 5.91 Å². The Bertz CT molecular complexity index is 763. The summed E-state index contributed by atoms with van der Waals surface area (Å²) in [6, 6.07) is 8.88. The Kier molecular flexibility index (Phi) is 7.48. The molecule has 0 unspecified atom stereocenters. The first-order valence-electron chi connectivity index (χ1n) is 8.70. The van der Waals surface area contributed by atoms with Gasteiger partial charge in [0.15, 0.2) is 5.01 Å². The molecule has 0 fully saturated rings. The molecule has 2 aromatic rings. The Hall–Kier alpha value is -2.74. The fourth-order valence-electron chi connectivity index (χ4n) is 2.56. The van der Waals surface area contributed by atoms with E-state index in [1.165, 1.54) is 6.20 Å². The first kappa shape index (κ1) is 20.6. The van der Waals surface area contributed by atoms with Crippen molar-refractivity contribution in [1.29, 1.82) is 0 Å². The zero-order valence-corrected chi connectivity index (χ0v) is 16.2. The van der Waals surface area contributed by atoms with Crippen molar-refractivity contribution in [3.05, 3.63) is 52.5 Å². The number of rotatable bonds is 7. The maximum Gasteiger partial charge on any atom is 0.415 e. The van der Waals surface area contributed by atoms with Crippen molar-refractivity contribution >= 4 is 29.4 Å². The van der Waals surface area contributed by atoms with E-state index in [-0.39, 0.29) is 24.0 Å². The summed E-state index contributed by atoms with van der Waals surface area (Å²) in [5.41, 5.74) is 1.09. The monoisotopic (exact) mass is 389 g/mol. The van der Waals surface area contributed by atoms with Crippen molar-refractivity contribution in [1.82, 2.24) is 14.8 Å². The predicted octanol–water partition coefficient (Wildman–Crippen LogP) is 3.97. The van der Waals surface area contributed by atoms with E-state index in [4.69, 9.17) is 0 Å².